The number of aryl methyl sites for hydroxylation is 1. The zero-order valence-electron chi connectivity index (χ0n) is 15.3. The Morgan fingerprint density at radius 1 is 1.16 bits per heavy atom. The molecule has 1 aromatic carbocycles. The standard InChI is InChI=1S/C19H30N2O4/c1-3-5-16-6-8-18(9-7-16)25-15-17(22)14-20-10-12-21(13-11-20)19(23)24-4-2/h6-9,17,22H,3-5,10-15H2,1-2H3/t17-/m0/s1. The molecule has 1 aliphatic rings. The number of amides is 1. The topological polar surface area (TPSA) is 62.2 Å². The molecule has 1 fully saturated rings. The molecule has 140 valence electrons. The lowest BCUT2D eigenvalue weighted by molar-refractivity contribution is 0.0408. The van der Waals surface area contributed by atoms with Gasteiger partial charge in [0.2, 0.25) is 0 Å². The summed E-state index contributed by atoms with van der Waals surface area (Å²) in [5.74, 6) is 0.783. The Kier molecular flexibility index (Phi) is 8.01. The summed E-state index contributed by atoms with van der Waals surface area (Å²) in [6.07, 6.45) is 1.39. The Morgan fingerprint density at radius 3 is 2.44 bits per heavy atom. The number of benzene rings is 1. The molecule has 25 heavy (non-hydrogen) atoms. The molecule has 1 N–H and O–H groups in total. The van der Waals surface area contributed by atoms with Crippen LogP contribution in [0.15, 0.2) is 24.3 Å². The van der Waals surface area contributed by atoms with E-state index in [1.54, 1.807) is 4.90 Å². The fourth-order valence-corrected chi connectivity index (χ4v) is 2.91. The van der Waals surface area contributed by atoms with Gasteiger partial charge in [0.05, 0.1) is 6.61 Å². The van der Waals surface area contributed by atoms with Crippen LogP contribution in [0.4, 0.5) is 4.79 Å². The van der Waals surface area contributed by atoms with Gasteiger partial charge in [0.25, 0.3) is 0 Å². The Hall–Kier alpha value is -1.79. The molecule has 1 amide bonds. The van der Waals surface area contributed by atoms with E-state index in [4.69, 9.17) is 9.47 Å². The molecule has 1 saturated heterocycles. The quantitative estimate of drug-likeness (QED) is 0.778. The van der Waals surface area contributed by atoms with E-state index in [9.17, 15) is 9.90 Å². The Labute approximate surface area is 150 Å². The molecule has 0 unspecified atom stereocenters. The first-order valence-electron chi connectivity index (χ1n) is 9.16. The third-order valence-corrected chi connectivity index (χ3v) is 4.27. The molecule has 6 heteroatoms. The number of hydrogen-bond acceptors (Lipinski definition) is 5. The van der Waals surface area contributed by atoms with Gasteiger partial charge in [-0.05, 0) is 31.0 Å². The highest BCUT2D eigenvalue weighted by atomic mass is 16.6. The lowest BCUT2D eigenvalue weighted by atomic mass is 10.1. The molecule has 2 rings (SSSR count). The van der Waals surface area contributed by atoms with Crippen molar-refractivity contribution < 1.29 is 19.4 Å². The summed E-state index contributed by atoms with van der Waals surface area (Å²) in [6.45, 7) is 7.92. The Morgan fingerprint density at radius 2 is 1.84 bits per heavy atom. The number of rotatable bonds is 8. The van der Waals surface area contributed by atoms with Crippen LogP contribution in [0.5, 0.6) is 5.75 Å². The van der Waals surface area contributed by atoms with Crippen LogP contribution in [-0.2, 0) is 11.2 Å². The van der Waals surface area contributed by atoms with Crippen LogP contribution in [0.1, 0.15) is 25.8 Å². The zero-order chi connectivity index (χ0) is 18.1. The van der Waals surface area contributed by atoms with Crippen molar-refractivity contribution in [1.82, 2.24) is 9.80 Å². The van der Waals surface area contributed by atoms with Gasteiger partial charge in [0.15, 0.2) is 0 Å². The molecule has 0 aliphatic carbocycles. The Bertz CT molecular complexity index is 513. The van der Waals surface area contributed by atoms with Crippen LogP contribution in [0, 0.1) is 0 Å². The second kappa shape index (κ2) is 10.3. The van der Waals surface area contributed by atoms with Gasteiger partial charge in [-0.15, -0.1) is 0 Å². The van der Waals surface area contributed by atoms with Gasteiger partial charge >= 0.3 is 6.09 Å². The van der Waals surface area contributed by atoms with Crippen LogP contribution < -0.4 is 4.74 Å². The molecule has 0 aromatic heterocycles. The van der Waals surface area contributed by atoms with Crippen molar-refractivity contribution in [3.8, 4) is 5.75 Å². The maximum absolute atomic E-state index is 11.7. The summed E-state index contributed by atoms with van der Waals surface area (Å²) in [7, 11) is 0. The number of β-amino-alcohol motifs (C(OH)–C–C–N with tert-alkyl or cyclic N) is 1. The molecule has 0 bridgehead atoms. The summed E-state index contributed by atoms with van der Waals surface area (Å²) in [6, 6.07) is 8.05. The first kappa shape index (κ1) is 19.5. The molecule has 1 atom stereocenters. The molecule has 0 radical (unpaired) electrons. The third kappa shape index (κ3) is 6.55. The normalized spacial score (nSPS) is 16.5. The first-order chi connectivity index (χ1) is 12.1. The van der Waals surface area contributed by atoms with E-state index < -0.39 is 6.10 Å². The monoisotopic (exact) mass is 350 g/mol. The highest BCUT2D eigenvalue weighted by molar-refractivity contribution is 5.67. The van der Waals surface area contributed by atoms with Crippen LogP contribution in [0.25, 0.3) is 0 Å². The van der Waals surface area contributed by atoms with E-state index in [1.165, 1.54) is 5.56 Å². The number of piperazine rings is 1. The van der Waals surface area contributed by atoms with E-state index in [1.807, 2.05) is 19.1 Å². The summed E-state index contributed by atoms with van der Waals surface area (Å²) in [5, 5.41) is 10.2. The highest BCUT2D eigenvalue weighted by Crippen LogP contribution is 2.14. The predicted octanol–water partition coefficient (Wildman–Crippen LogP) is 2.15. The van der Waals surface area contributed by atoms with Crippen LogP contribution in [-0.4, -0.2) is 73.0 Å². The fraction of sp³-hybridized carbons (Fsp3) is 0.632. The minimum absolute atomic E-state index is 0.252. The minimum Gasteiger partial charge on any atom is -0.491 e. The van der Waals surface area contributed by atoms with Gasteiger partial charge in [0, 0.05) is 32.7 Å². The second-order valence-electron chi connectivity index (χ2n) is 6.35. The fourth-order valence-electron chi connectivity index (χ4n) is 2.91. The summed E-state index contributed by atoms with van der Waals surface area (Å²) < 4.78 is 10.7. The number of hydrogen-bond donors (Lipinski definition) is 1. The van der Waals surface area contributed by atoms with E-state index in [0.29, 0.717) is 26.2 Å². The summed E-state index contributed by atoms with van der Waals surface area (Å²) in [5.41, 5.74) is 1.30. The van der Waals surface area contributed by atoms with Crippen molar-refractivity contribution in [2.75, 3.05) is 45.9 Å². The number of aliphatic hydroxyl groups excluding tert-OH is 1. The van der Waals surface area contributed by atoms with Gasteiger partial charge < -0.3 is 19.5 Å². The number of aliphatic hydroxyl groups is 1. The highest BCUT2D eigenvalue weighted by Gasteiger charge is 2.23. The van der Waals surface area contributed by atoms with Gasteiger partial charge in [0.1, 0.15) is 18.5 Å². The van der Waals surface area contributed by atoms with Crippen molar-refractivity contribution in [3.63, 3.8) is 0 Å². The van der Waals surface area contributed by atoms with E-state index in [-0.39, 0.29) is 12.7 Å². The number of ether oxygens (including phenoxy) is 2. The maximum Gasteiger partial charge on any atom is 0.409 e. The van der Waals surface area contributed by atoms with Crippen LogP contribution in [0.2, 0.25) is 0 Å². The minimum atomic E-state index is -0.551. The number of carbonyl (C=O) groups excluding carboxylic acids is 1. The molecule has 6 nitrogen and oxygen atoms in total. The molecule has 0 saturated carbocycles. The van der Waals surface area contributed by atoms with E-state index >= 15 is 0 Å². The molecular weight excluding hydrogens is 320 g/mol. The number of carbonyl (C=O) groups is 1. The van der Waals surface area contributed by atoms with Crippen LogP contribution >= 0.6 is 0 Å². The molecule has 1 heterocycles. The summed E-state index contributed by atoms with van der Waals surface area (Å²) >= 11 is 0. The van der Waals surface area contributed by atoms with Crippen molar-refractivity contribution >= 4 is 6.09 Å². The number of nitrogens with zero attached hydrogens (tertiary/aromatic N) is 2. The second-order valence-corrected chi connectivity index (χ2v) is 6.35. The van der Waals surface area contributed by atoms with Crippen molar-refractivity contribution in [2.24, 2.45) is 0 Å². The first-order valence-corrected chi connectivity index (χ1v) is 9.16. The lowest BCUT2D eigenvalue weighted by Gasteiger charge is -2.34. The maximum atomic E-state index is 11.7. The third-order valence-electron chi connectivity index (χ3n) is 4.27. The molecule has 0 spiro atoms. The molecule has 1 aromatic rings. The Balaban J connectivity index is 1.67. The van der Waals surface area contributed by atoms with Gasteiger partial charge in [-0.2, -0.15) is 0 Å². The molecular formula is C19H30N2O4. The van der Waals surface area contributed by atoms with E-state index in [2.05, 4.69) is 24.0 Å². The van der Waals surface area contributed by atoms with Crippen molar-refractivity contribution in [3.05, 3.63) is 29.8 Å². The predicted molar refractivity (Wildman–Crippen MR) is 97.0 cm³/mol. The zero-order valence-corrected chi connectivity index (χ0v) is 15.3. The SMILES string of the molecule is CCCc1ccc(OC[C@@H](O)CN2CCN(C(=O)OCC)CC2)cc1. The average molecular weight is 350 g/mol. The van der Waals surface area contributed by atoms with Gasteiger partial charge in [-0.3, -0.25) is 4.90 Å². The average Bonchev–Trinajstić information content (AvgIpc) is 2.62. The van der Waals surface area contributed by atoms with Crippen LogP contribution in [0.3, 0.4) is 0 Å². The van der Waals surface area contributed by atoms with Crippen molar-refractivity contribution in [2.45, 2.75) is 32.8 Å². The van der Waals surface area contributed by atoms with Crippen molar-refractivity contribution in [1.29, 1.82) is 0 Å². The smallest absolute Gasteiger partial charge is 0.409 e. The largest absolute Gasteiger partial charge is 0.491 e. The van der Waals surface area contributed by atoms with Gasteiger partial charge in [-0.25, -0.2) is 4.79 Å². The summed E-state index contributed by atoms with van der Waals surface area (Å²) in [4.78, 5) is 15.5. The molecule has 1 aliphatic heterocycles. The lowest BCUT2D eigenvalue weighted by Crippen LogP contribution is -2.51. The van der Waals surface area contributed by atoms with Gasteiger partial charge in [-0.1, -0.05) is 25.5 Å². The van der Waals surface area contributed by atoms with E-state index in [0.717, 1.165) is 31.7 Å².